The highest BCUT2D eigenvalue weighted by Gasteiger charge is 2.38. The molecular weight excluding hydrogens is 250 g/mol. The van der Waals surface area contributed by atoms with Crippen molar-refractivity contribution >= 4 is 11.0 Å². The number of benzene rings is 1. The number of fused-ring (bicyclic) bond motifs is 1. The summed E-state index contributed by atoms with van der Waals surface area (Å²) in [4.78, 5) is 4.91. The van der Waals surface area contributed by atoms with Crippen LogP contribution in [0.15, 0.2) is 18.2 Å². The lowest BCUT2D eigenvalue weighted by Gasteiger charge is -2.28. The Morgan fingerprint density at radius 2 is 2.30 bits per heavy atom. The molecule has 0 bridgehead atoms. The third kappa shape index (κ3) is 1.99. The molecule has 3 rings (SSSR count). The Balaban J connectivity index is 2.12. The van der Waals surface area contributed by atoms with E-state index in [1.54, 1.807) is 7.11 Å². The number of imidazole rings is 1. The molecule has 4 nitrogen and oxygen atoms in total. The highest BCUT2D eigenvalue weighted by Crippen LogP contribution is 2.36. The van der Waals surface area contributed by atoms with Gasteiger partial charge in [0.1, 0.15) is 11.6 Å². The number of aromatic nitrogens is 2. The average molecular weight is 273 g/mol. The molecular formula is C16H23N3O. The first kappa shape index (κ1) is 13.4. The summed E-state index contributed by atoms with van der Waals surface area (Å²) in [6.45, 7) is 3.33. The van der Waals surface area contributed by atoms with Crippen molar-refractivity contribution in [3.05, 3.63) is 24.0 Å². The van der Waals surface area contributed by atoms with E-state index in [9.17, 15) is 0 Å². The van der Waals surface area contributed by atoms with Crippen molar-refractivity contribution in [2.24, 2.45) is 7.05 Å². The lowest BCUT2D eigenvalue weighted by molar-refractivity contribution is 0.327. The average Bonchev–Trinajstić information content (AvgIpc) is 3.05. The number of rotatable bonds is 4. The number of nitrogens with one attached hydrogen (secondary N) is 1. The Morgan fingerprint density at radius 1 is 1.45 bits per heavy atom. The molecule has 1 N–H and O–H groups in total. The SMILES string of the molecule is CCCC1(c2nc3cc(OC)ccc3n2C)CCCN1. The van der Waals surface area contributed by atoms with Crippen LogP contribution in [0.25, 0.3) is 11.0 Å². The Labute approximate surface area is 120 Å². The van der Waals surface area contributed by atoms with Crippen molar-refractivity contribution in [2.45, 2.75) is 38.1 Å². The van der Waals surface area contributed by atoms with E-state index < -0.39 is 0 Å². The van der Waals surface area contributed by atoms with Crippen LogP contribution >= 0.6 is 0 Å². The van der Waals surface area contributed by atoms with Crippen molar-refractivity contribution < 1.29 is 4.74 Å². The Morgan fingerprint density at radius 3 is 2.95 bits per heavy atom. The van der Waals surface area contributed by atoms with E-state index in [4.69, 9.17) is 9.72 Å². The molecule has 0 aliphatic carbocycles. The Kier molecular flexibility index (Phi) is 3.42. The van der Waals surface area contributed by atoms with Crippen molar-refractivity contribution in [3.8, 4) is 5.75 Å². The highest BCUT2D eigenvalue weighted by atomic mass is 16.5. The molecule has 2 heterocycles. The second kappa shape index (κ2) is 5.09. The third-order valence-corrected chi connectivity index (χ3v) is 4.44. The minimum absolute atomic E-state index is 0.0513. The largest absolute Gasteiger partial charge is 0.497 e. The lowest BCUT2D eigenvalue weighted by Crippen LogP contribution is -2.39. The maximum absolute atomic E-state index is 5.30. The van der Waals surface area contributed by atoms with Gasteiger partial charge in [0, 0.05) is 13.1 Å². The molecule has 1 aromatic heterocycles. The standard InChI is InChI=1S/C16H23N3O/c1-4-8-16(9-5-10-17-16)15-18-13-11-12(20-3)6-7-14(13)19(15)2/h6-7,11,17H,4-5,8-10H2,1-3H3. The summed E-state index contributed by atoms with van der Waals surface area (Å²) in [5.74, 6) is 2.03. The summed E-state index contributed by atoms with van der Waals surface area (Å²) in [6.07, 6.45) is 4.71. The molecule has 0 radical (unpaired) electrons. The van der Waals surface area contributed by atoms with Gasteiger partial charge < -0.3 is 14.6 Å². The number of aryl methyl sites for hydroxylation is 1. The molecule has 2 aromatic rings. The first-order valence-electron chi connectivity index (χ1n) is 7.46. The molecule has 1 aromatic carbocycles. The minimum Gasteiger partial charge on any atom is -0.497 e. The zero-order chi connectivity index (χ0) is 14.2. The quantitative estimate of drug-likeness (QED) is 0.931. The van der Waals surface area contributed by atoms with Crippen LogP contribution < -0.4 is 10.1 Å². The summed E-state index contributed by atoms with van der Waals surface area (Å²) in [7, 11) is 3.82. The molecule has 4 heteroatoms. The first-order chi connectivity index (χ1) is 9.70. The fourth-order valence-corrected chi connectivity index (χ4v) is 3.48. The predicted octanol–water partition coefficient (Wildman–Crippen LogP) is 2.96. The van der Waals surface area contributed by atoms with Gasteiger partial charge in [-0.05, 0) is 37.9 Å². The summed E-state index contributed by atoms with van der Waals surface area (Å²) in [5.41, 5.74) is 2.24. The second-order valence-electron chi connectivity index (χ2n) is 5.71. The summed E-state index contributed by atoms with van der Waals surface area (Å²) >= 11 is 0. The van der Waals surface area contributed by atoms with E-state index in [1.807, 2.05) is 12.1 Å². The molecule has 108 valence electrons. The Bertz CT molecular complexity index is 611. The van der Waals surface area contributed by atoms with Gasteiger partial charge in [0.25, 0.3) is 0 Å². The van der Waals surface area contributed by atoms with Gasteiger partial charge in [-0.3, -0.25) is 0 Å². The number of methoxy groups -OCH3 is 1. The van der Waals surface area contributed by atoms with Crippen LogP contribution in [0.4, 0.5) is 0 Å². The van der Waals surface area contributed by atoms with Crippen LogP contribution in [-0.4, -0.2) is 23.2 Å². The normalized spacial score (nSPS) is 22.6. The zero-order valence-corrected chi connectivity index (χ0v) is 12.6. The highest BCUT2D eigenvalue weighted by molar-refractivity contribution is 5.78. The maximum atomic E-state index is 5.30. The van der Waals surface area contributed by atoms with Crippen LogP contribution in [0.5, 0.6) is 5.75 Å². The third-order valence-electron chi connectivity index (χ3n) is 4.44. The fourth-order valence-electron chi connectivity index (χ4n) is 3.48. The minimum atomic E-state index is 0.0513. The van der Waals surface area contributed by atoms with Gasteiger partial charge in [0.15, 0.2) is 0 Å². The van der Waals surface area contributed by atoms with Crippen LogP contribution in [-0.2, 0) is 12.6 Å². The fraction of sp³-hybridized carbons (Fsp3) is 0.562. The molecule has 0 amide bonds. The number of nitrogens with zero attached hydrogens (tertiary/aromatic N) is 2. The summed E-state index contributed by atoms with van der Waals surface area (Å²) in [6, 6.07) is 6.12. The molecule has 20 heavy (non-hydrogen) atoms. The molecule has 1 aliphatic rings. The smallest absolute Gasteiger partial charge is 0.130 e. The van der Waals surface area contributed by atoms with E-state index in [1.165, 1.54) is 30.6 Å². The van der Waals surface area contributed by atoms with Crippen molar-refractivity contribution in [3.63, 3.8) is 0 Å². The van der Waals surface area contributed by atoms with Gasteiger partial charge in [-0.2, -0.15) is 0 Å². The second-order valence-corrected chi connectivity index (χ2v) is 5.71. The van der Waals surface area contributed by atoms with Crippen molar-refractivity contribution in [2.75, 3.05) is 13.7 Å². The van der Waals surface area contributed by atoms with Gasteiger partial charge in [-0.25, -0.2) is 4.98 Å². The summed E-state index contributed by atoms with van der Waals surface area (Å²) < 4.78 is 7.54. The van der Waals surface area contributed by atoms with E-state index in [-0.39, 0.29) is 5.54 Å². The number of hydrogen-bond acceptors (Lipinski definition) is 3. The van der Waals surface area contributed by atoms with Gasteiger partial charge in [-0.1, -0.05) is 13.3 Å². The Hall–Kier alpha value is -1.55. The molecule has 0 spiro atoms. The van der Waals surface area contributed by atoms with Crippen LogP contribution in [0, 0.1) is 0 Å². The molecule has 1 aliphatic heterocycles. The van der Waals surface area contributed by atoms with E-state index in [0.29, 0.717) is 0 Å². The number of ether oxygens (including phenoxy) is 1. The van der Waals surface area contributed by atoms with Crippen molar-refractivity contribution in [1.82, 2.24) is 14.9 Å². The maximum Gasteiger partial charge on any atom is 0.130 e. The van der Waals surface area contributed by atoms with Crippen LogP contribution in [0.3, 0.4) is 0 Å². The molecule has 0 saturated carbocycles. The van der Waals surface area contributed by atoms with Gasteiger partial charge in [-0.15, -0.1) is 0 Å². The monoisotopic (exact) mass is 273 g/mol. The molecule has 1 atom stereocenters. The molecule has 1 saturated heterocycles. The topological polar surface area (TPSA) is 39.1 Å². The zero-order valence-electron chi connectivity index (χ0n) is 12.6. The predicted molar refractivity (Wildman–Crippen MR) is 81.1 cm³/mol. The lowest BCUT2D eigenvalue weighted by atomic mass is 9.91. The van der Waals surface area contributed by atoms with Crippen LogP contribution in [0.2, 0.25) is 0 Å². The van der Waals surface area contributed by atoms with Gasteiger partial charge >= 0.3 is 0 Å². The molecule has 1 unspecified atom stereocenters. The van der Waals surface area contributed by atoms with E-state index in [2.05, 4.69) is 29.9 Å². The van der Waals surface area contributed by atoms with Gasteiger partial charge in [0.2, 0.25) is 0 Å². The van der Waals surface area contributed by atoms with Crippen molar-refractivity contribution in [1.29, 1.82) is 0 Å². The van der Waals surface area contributed by atoms with E-state index >= 15 is 0 Å². The van der Waals surface area contributed by atoms with E-state index in [0.717, 1.165) is 24.2 Å². The van der Waals surface area contributed by atoms with Crippen LogP contribution in [0.1, 0.15) is 38.4 Å². The first-order valence-corrected chi connectivity index (χ1v) is 7.46. The number of hydrogen-bond donors (Lipinski definition) is 1. The summed E-state index contributed by atoms with van der Waals surface area (Å²) in [5, 5.41) is 3.70. The van der Waals surface area contributed by atoms with Gasteiger partial charge in [0.05, 0.1) is 23.7 Å². The molecule has 1 fully saturated rings.